The lowest BCUT2D eigenvalue weighted by Gasteiger charge is -2.31. The topological polar surface area (TPSA) is 87.0 Å². The van der Waals surface area contributed by atoms with E-state index in [4.69, 9.17) is 4.74 Å². The summed E-state index contributed by atoms with van der Waals surface area (Å²) in [4.78, 5) is 14.1. The van der Waals surface area contributed by atoms with E-state index in [1.54, 1.807) is 31.3 Å². The summed E-state index contributed by atoms with van der Waals surface area (Å²) in [6.07, 6.45) is 7.54. The molecule has 1 heterocycles. The third kappa shape index (κ3) is 6.93. The molecular weight excluding hydrogens is 412 g/mol. The third-order valence-electron chi connectivity index (χ3n) is 5.90. The molecule has 0 spiro atoms. The van der Waals surface area contributed by atoms with Gasteiger partial charge in [0.25, 0.3) is 0 Å². The van der Waals surface area contributed by atoms with Crippen molar-refractivity contribution in [2.45, 2.75) is 96.9 Å². The van der Waals surface area contributed by atoms with Gasteiger partial charge in [0.1, 0.15) is 11.4 Å². The molecule has 0 aliphatic heterocycles. The van der Waals surface area contributed by atoms with Crippen LogP contribution in [0.3, 0.4) is 0 Å². The number of hydrogen-bond donors (Lipinski definition) is 3. The predicted molar refractivity (Wildman–Crippen MR) is 125 cm³/mol. The number of rotatable bonds is 11. The summed E-state index contributed by atoms with van der Waals surface area (Å²) in [5.41, 5.74) is 0.00422. The van der Waals surface area contributed by atoms with Gasteiger partial charge in [0.15, 0.2) is 0 Å². The first-order valence-electron chi connectivity index (χ1n) is 11.4. The van der Waals surface area contributed by atoms with Crippen molar-refractivity contribution in [1.82, 2.24) is 0 Å². The van der Waals surface area contributed by atoms with Crippen molar-refractivity contribution in [3.63, 3.8) is 0 Å². The Balaban J connectivity index is 2.18. The molecule has 0 bridgehead atoms. The van der Waals surface area contributed by atoms with E-state index in [1.807, 2.05) is 6.08 Å². The number of aryl methyl sites for hydroxylation is 2. The first kappa shape index (κ1) is 25.6. The van der Waals surface area contributed by atoms with Gasteiger partial charge in [-0.1, -0.05) is 25.8 Å². The van der Waals surface area contributed by atoms with Gasteiger partial charge >= 0.3 is 5.97 Å². The molecule has 1 unspecified atom stereocenters. The average Bonchev–Trinajstić information content (AvgIpc) is 3.24. The van der Waals surface area contributed by atoms with Gasteiger partial charge in [0.2, 0.25) is 0 Å². The summed E-state index contributed by atoms with van der Waals surface area (Å²) in [6.45, 7) is 7.73. The second-order valence-corrected chi connectivity index (χ2v) is 9.93. The Kier molecular flexibility index (Phi) is 9.79. The zero-order valence-electron chi connectivity index (χ0n) is 19.3. The Morgan fingerprint density at radius 1 is 1.32 bits per heavy atom. The molecule has 1 aliphatic carbocycles. The molecule has 0 saturated heterocycles. The van der Waals surface area contributed by atoms with Gasteiger partial charge in [0.05, 0.1) is 12.2 Å². The molecular formula is C25H38O5S. The molecule has 5 nitrogen and oxygen atoms in total. The largest absolute Gasteiger partial charge is 0.510 e. The van der Waals surface area contributed by atoms with Gasteiger partial charge < -0.3 is 20.1 Å². The normalized spacial score (nSPS) is 24.7. The van der Waals surface area contributed by atoms with Crippen molar-refractivity contribution < 1.29 is 24.9 Å². The molecule has 1 saturated carbocycles. The number of aliphatic hydroxyl groups excluding tert-OH is 2. The van der Waals surface area contributed by atoms with Crippen LogP contribution >= 0.6 is 11.3 Å². The minimum Gasteiger partial charge on any atom is -0.510 e. The standard InChI is InChI=1S/C25H38O5S/c1-5-6-7-11-21(24(28)30-17(2)3)22-15-20(26)16-25(22,29)23(27)12-9-8-10-19-13-14-31-18(19)4/h11-14,17,20,22,26-27,29H,5-10,15-16H2,1-4H3/b21-11?,23-12+/t20-,22?,25-/m0/s1. The molecule has 0 amide bonds. The fourth-order valence-electron chi connectivity index (χ4n) is 4.21. The Morgan fingerprint density at radius 2 is 2.03 bits per heavy atom. The number of ether oxygens (including phenoxy) is 1. The zero-order chi connectivity index (χ0) is 23.0. The molecule has 0 radical (unpaired) electrons. The van der Waals surface area contributed by atoms with Crippen LogP contribution in [0, 0.1) is 12.8 Å². The Morgan fingerprint density at radius 3 is 2.65 bits per heavy atom. The molecule has 3 atom stereocenters. The highest BCUT2D eigenvalue weighted by atomic mass is 32.1. The van der Waals surface area contributed by atoms with Crippen LogP contribution in [0.15, 0.2) is 34.9 Å². The summed E-state index contributed by atoms with van der Waals surface area (Å²) >= 11 is 1.72. The Bertz CT molecular complexity index is 779. The van der Waals surface area contributed by atoms with E-state index in [0.29, 0.717) is 18.4 Å². The van der Waals surface area contributed by atoms with Crippen LogP contribution in [0.1, 0.15) is 76.2 Å². The van der Waals surface area contributed by atoms with E-state index < -0.39 is 23.6 Å². The number of hydrogen-bond acceptors (Lipinski definition) is 6. The number of aliphatic hydroxyl groups is 3. The van der Waals surface area contributed by atoms with Crippen molar-refractivity contribution in [2.24, 2.45) is 5.92 Å². The molecule has 31 heavy (non-hydrogen) atoms. The molecule has 1 aromatic rings. The highest BCUT2D eigenvalue weighted by Crippen LogP contribution is 2.45. The first-order valence-corrected chi connectivity index (χ1v) is 12.3. The average molecular weight is 451 g/mol. The highest BCUT2D eigenvalue weighted by molar-refractivity contribution is 7.10. The van der Waals surface area contributed by atoms with Crippen LogP contribution in [0.25, 0.3) is 0 Å². The number of esters is 1. The monoisotopic (exact) mass is 450 g/mol. The smallest absolute Gasteiger partial charge is 0.334 e. The second kappa shape index (κ2) is 11.8. The first-order chi connectivity index (χ1) is 14.7. The number of thiophene rings is 1. The Hall–Kier alpha value is -1.63. The second-order valence-electron chi connectivity index (χ2n) is 8.81. The number of unbranched alkanes of at least 4 members (excludes halogenated alkanes) is 3. The van der Waals surface area contributed by atoms with Crippen molar-refractivity contribution in [1.29, 1.82) is 0 Å². The summed E-state index contributed by atoms with van der Waals surface area (Å²) in [5, 5.41) is 34.6. The number of carbonyl (C=O) groups excluding carboxylic acids is 1. The minimum absolute atomic E-state index is 0.00369. The van der Waals surface area contributed by atoms with Crippen LogP contribution in [-0.4, -0.2) is 39.1 Å². The van der Waals surface area contributed by atoms with Crippen LogP contribution in [-0.2, 0) is 16.0 Å². The van der Waals surface area contributed by atoms with E-state index in [0.717, 1.165) is 25.7 Å². The number of carbonyl (C=O) groups is 1. The predicted octanol–water partition coefficient (Wildman–Crippen LogP) is 5.39. The van der Waals surface area contributed by atoms with Gasteiger partial charge in [-0.25, -0.2) is 4.79 Å². The van der Waals surface area contributed by atoms with Crippen LogP contribution in [0.5, 0.6) is 0 Å². The lowest BCUT2D eigenvalue weighted by atomic mass is 9.82. The molecule has 1 aliphatic rings. The van der Waals surface area contributed by atoms with Gasteiger partial charge in [-0.05, 0) is 76.0 Å². The maximum absolute atomic E-state index is 12.8. The molecule has 2 rings (SSSR count). The van der Waals surface area contributed by atoms with Gasteiger partial charge in [-0.15, -0.1) is 11.3 Å². The Labute approximate surface area is 190 Å². The number of allylic oxidation sites excluding steroid dienone is 2. The third-order valence-corrected chi connectivity index (χ3v) is 6.79. The van der Waals surface area contributed by atoms with Crippen molar-refractivity contribution in [3.8, 4) is 0 Å². The van der Waals surface area contributed by atoms with E-state index in [-0.39, 0.29) is 24.7 Å². The fraction of sp³-hybridized carbons (Fsp3) is 0.640. The summed E-state index contributed by atoms with van der Waals surface area (Å²) in [7, 11) is 0. The van der Waals surface area contributed by atoms with Gasteiger partial charge in [-0.2, -0.15) is 0 Å². The van der Waals surface area contributed by atoms with Crippen LogP contribution in [0.4, 0.5) is 0 Å². The van der Waals surface area contributed by atoms with E-state index in [1.165, 1.54) is 10.4 Å². The molecule has 6 heteroatoms. The van der Waals surface area contributed by atoms with Crippen LogP contribution < -0.4 is 0 Å². The maximum Gasteiger partial charge on any atom is 0.334 e. The molecule has 1 fully saturated rings. The lowest BCUT2D eigenvalue weighted by Crippen LogP contribution is -2.39. The van der Waals surface area contributed by atoms with Crippen molar-refractivity contribution in [2.75, 3.05) is 0 Å². The maximum atomic E-state index is 12.8. The SMILES string of the molecule is CCCCC=C(C(=O)OC(C)C)C1C[C@H](O)C[C@@]1(O)/C(O)=C\CCCc1ccsc1C. The molecule has 1 aromatic heterocycles. The van der Waals surface area contributed by atoms with E-state index >= 15 is 0 Å². The van der Waals surface area contributed by atoms with Crippen LogP contribution in [0.2, 0.25) is 0 Å². The molecule has 174 valence electrons. The molecule has 3 N–H and O–H groups in total. The van der Waals surface area contributed by atoms with Crippen molar-refractivity contribution >= 4 is 17.3 Å². The quantitative estimate of drug-likeness (QED) is 0.182. The highest BCUT2D eigenvalue weighted by Gasteiger charge is 2.51. The minimum atomic E-state index is -1.66. The summed E-state index contributed by atoms with van der Waals surface area (Å²) in [6, 6.07) is 2.12. The van der Waals surface area contributed by atoms with Crippen molar-refractivity contribution in [3.05, 3.63) is 45.4 Å². The van der Waals surface area contributed by atoms with Gasteiger partial charge in [-0.3, -0.25) is 0 Å². The summed E-state index contributed by atoms with van der Waals surface area (Å²) < 4.78 is 5.41. The van der Waals surface area contributed by atoms with E-state index in [9.17, 15) is 20.1 Å². The van der Waals surface area contributed by atoms with E-state index in [2.05, 4.69) is 25.3 Å². The van der Waals surface area contributed by atoms with Gasteiger partial charge in [0, 0.05) is 22.8 Å². The fourth-order valence-corrected chi connectivity index (χ4v) is 4.97. The molecule has 0 aromatic carbocycles. The summed E-state index contributed by atoms with van der Waals surface area (Å²) in [5.74, 6) is -1.33. The lowest BCUT2D eigenvalue weighted by molar-refractivity contribution is -0.144. The zero-order valence-corrected chi connectivity index (χ0v) is 20.1.